The molecule has 3 rings (SSSR count). The van der Waals surface area contributed by atoms with Crippen molar-refractivity contribution in [3.05, 3.63) is 60.7 Å². The molecule has 2 aromatic rings. The average molecular weight is 315 g/mol. The lowest BCUT2D eigenvalue weighted by atomic mass is 9.91. The van der Waals surface area contributed by atoms with Crippen LogP contribution in [0.1, 0.15) is 32.1 Å². The molecule has 21 heavy (non-hydrogen) atoms. The molecule has 2 heteroatoms. The van der Waals surface area contributed by atoms with Crippen LogP contribution in [-0.4, -0.2) is 4.58 Å². The van der Waals surface area contributed by atoms with E-state index in [9.17, 15) is 0 Å². The summed E-state index contributed by atoms with van der Waals surface area (Å²) in [6.45, 7) is 0. The molecule has 0 saturated heterocycles. The maximum absolute atomic E-state index is 2.24. The first-order valence-electron chi connectivity index (χ1n) is 7.85. The van der Waals surface area contributed by atoms with Gasteiger partial charge in [-0.2, -0.15) is 0 Å². The highest BCUT2D eigenvalue weighted by molar-refractivity contribution is 8.17. The molecule has 0 spiro atoms. The van der Waals surface area contributed by atoms with E-state index in [0.717, 1.165) is 5.92 Å². The Hall–Kier alpha value is -0.860. The summed E-state index contributed by atoms with van der Waals surface area (Å²) >= 11 is 4.11. The van der Waals surface area contributed by atoms with Crippen LogP contribution in [0.25, 0.3) is 0 Å². The van der Waals surface area contributed by atoms with E-state index in [0.29, 0.717) is 4.58 Å². The second kappa shape index (κ2) is 7.95. The van der Waals surface area contributed by atoms with E-state index >= 15 is 0 Å². The predicted molar refractivity (Wildman–Crippen MR) is 95.0 cm³/mol. The maximum atomic E-state index is 2.24. The molecule has 0 unspecified atom stereocenters. The van der Waals surface area contributed by atoms with Crippen LogP contribution < -0.4 is 0 Å². The number of hydrogen-bond acceptors (Lipinski definition) is 2. The lowest BCUT2D eigenvalue weighted by molar-refractivity contribution is 0.381. The van der Waals surface area contributed by atoms with E-state index in [1.165, 1.54) is 41.9 Å². The maximum Gasteiger partial charge on any atom is 0.0624 e. The van der Waals surface area contributed by atoms with E-state index in [1.54, 1.807) is 0 Å². The number of benzene rings is 2. The summed E-state index contributed by atoms with van der Waals surface area (Å²) in [5.41, 5.74) is 0. The molecule has 0 heterocycles. The Morgan fingerprint density at radius 1 is 0.667 bits per heavy atom. The molecule has 1 saturated carbocycles. The van der Waals surface area contributed by atoms with Crippen LogP contribution in [0.15, 0.2) is 70.5 Å². The first-order valence-corrected chi connectivity index (χ1v) is 9.61. The van der Waals surface area contributed by atoms with Gasteiger partial charge in [-0.25, -0.2) is 0 Å². The second-order valence-corrected chi connectivity index (χ2v) is 8.36. The summed E-state index contributed by atoms with van der Waals surface area (Å²) in [5, 5.41) is 0. The van der Waals surface area contributed by atoms with Crippen molar-refractivity contribution < 1.29 is 0 Å². The molecule has 1 fully saturated rings. The number of thioether (sulfide) groups is 2. The SMILES string of the molecule is c1ccc(SC(Sc2ccccc2)C2CCCCC2)cc1. The van der Waals surface area contributed by atoms with Crippen molar-refractivity contribution >= 4 is 23.5 Å². The van der Waals surface area contributed by atoms with Gasteiger partial charge in [-0.05, 0) is 43.0 Å². The minimum Gasteiger partial charge on any atom is -0.111 e. The third kappa shape index (κ3) is 4.55. The van der Waals surface area contributed by atoms with Crippen LogP contribution in [0.3, 0.4) is 0 Å². The molecule has 0 atom stereocenters. The van der Waals surface area contributed by atoms with E-state index < -0.39 is 0 Å². The fourth-order valence-corrected chi connectivity index (χ4v) is 5.84. The molecule has 0 amide bonds. The zero-order valence-electron chi connectivity index (χ0n) is 12.3. The molecule has 0 aromatic heterocycles. The topological polar surface area (TPSA) is 0 Å². The molecular formula is C19H22S2. The quantitative estimate of drug-likeness (QED) is 0.458. The largest absolute Gasteiger partial charge is 0.111 e. The van der Waals surface area contributed by atoms with Crippen LogP contribution in [0.4, 0.5) is 0 Å². The van der Waals surface area contributed by atoms with Gasteiger partial charge in [0, 0.05) is 9.79 Å². The molecule has 0 nitrogen and oxygen atoms in total. The van der Waals surface area contributed by atoms with Crippen molar-refractivity contribution in [2.45, 2.75) is 46.5 Å². The smallest absolute Gasteiger partial charge is 0.0624 e. The number of rotatable bonds is 5. The minimum atomic E-state index is 0.634. The first-order chi connectivity index (χ1) is 10.4. The summed E-state index contributed by atoms with van der Waals surface area (Å²) in [5.74, 6) is 0.842. The van der Waals surface area contributed by atoms with Crippen molar-refractivity contribution in [1.82, 2.24) is 0 Å². The highest BCUT2D eigenvalue weighted by Gasteiger charge is 2.25. The Kier molecular flexibility index (Phi) is 5.70. The fraction of sp³-hybridized carbons (Fsp3) is 0.368. The summed E-state index contributed by atoms with van der Waals surface area (Å²) < 4.78 is 0.634. The van der Waals surface area contributed by atoms with Gasteiger partial charge in [0.1, 0.15) is 0 Å². The zero-order chi connectivity index (χ0) is 14.3. The second-order valence-electron chi connectivity index (χ2n) is 5.63. The van der Waals surface area contributed by atoms with E-state index in [4.69, 9.17) is 0 Å². The lowest BCUT2D eigenvalue weighted by Gasteiger charge is -2.29. The Morgan fingerprint density at radius 2 is 1.14 bits per heavy atom. The summed E-state index contributed by atoms with van der Waals surface area (Å²) in [6.07, 6.45) is 7.03. The molecule has 0 bridgehead atoms. The zero-order valence-corrected chi connectivity index (χ0v) is 13.9. The molecule has 1 aliphatic carbocycles. The average Bonchev–Trinajstić information content (AvgIpc) is 2.57. The van der Waals surface area contributed by atoms with Gasteiger partial charge < -0.3 is 0 Å². The van der Waals surface area contributed by atoms with Crippen LogP contribution in [0.2, 0.25) is 0 Å². The van der Waals surface area contributed by atoms with Gasteiger partial charge in [0.25, 0.3) is 0 Å². The fourth-order valence-electron chi connectivity index (χ4n) is 2.89. The van der Waals surface area contributed by atoms with Crippen LogP contribution >= 0.6 is 23.5 Å². The predicted octanol–water partition coefficient (Wildman–Crippen LogP) is 6.48. The van der Waals surface area contributed by atoms with E-state index in [1.807, 2.05) is 0 Å². The van der Waals surface area contributed by atoms with Crippen LogP contribution in [-0.2, 0) is 0 Å². The third-order valence-electron chi connectivity index (χ3n) is 4.03. The Bertz CT molecular complexity index is 476. The Balaban J connectivity index is 1.73. The minimum absolute atomic E-state index is 0.634. The lowest BCUT2D eigenvalue weighted by Crippen LogP contribution is -2.17. The van der Waals surface area contributed by atoms with Gasteiger partial charge >= 0.3 is 0 Å². The van der Waals surface area contributed by atoms with Crippen LogP contribution in [0.5, 0.6) is 0 Å². The summed E-state index contributed by atoms with van der Waals surface area (Å²) in [7, 11) is 0. The van der Waals surface area contributed by atoms with Gasteiger partial charge in [-0.1, -0.05) is 55.7 Å². The highest BCUT2D eigenvalue weighted by Crippen LogP contribution is 2.44. The summed E-state index contributed by atoms with van der Waals surface area (Å²) in [4.78, 5) is 2.80. The van der Waals surface area contributed by atoms with E-state index in [-0.39, 0.29) is 0 Å². The Labute approximate surface area is 136 Å². The third-order valence-corrected chi connectivity index (χ3v) is 6.93. The van der Waals surface area contributed by atoms with E-state index in [2.05, 4.69) is 84.2 Å². The van der Waals surface area contributed by atoms with Gasteiger partial charge in [0.2, 0.25) is 0 Å². The molecule has 1 aliphatic rings. The Morgan fingerprint density at radius 3 is 1.62 bits per heavy atom. The monoisotopic (exact) mass is 314 g/mol. The van der Waals surface area contributed by atoms with Gasteiger partial charge in [0.15, 0.2) is 0 Å². The van der Waals surface area contributed by atoms with Crippen molar-refractivity contribution in [3.63, 3.8) is 0 Å². The van der Waals surface area contributed by atoms with Crippen molar-refractivity contribution in [1.29, 1.82) is 0 Å². The van der Waals surface area contributed by atoms with Gasteiger partial charge in [0.05, 0.1) is 4.58 Å². The van der Waals surface area contributed by atoms with Crippen LogP contribution in [0, 0.1) is 5.92 Å². The molecule has 2 aromatic carbocycles. The highest BCUT2D eigenvalue weighted by atomic mass is 32.2. The molecule has 0 N–H and O–H groups in total. The molecular weight excluding hydrogens is 292 g/mol. The van der Waals surface area contributed by atoms with Gasteiger partial charge in [-0.3, -0.25) is 0 Å². The van der Waals surface area contributed by atoms with Gasteiger partial charge in [-0.15, -0.1) is 23.5 Å². The molecule has 110 valence electrons. The van der Waals surface area contributed by atoms with Crippen molar-refractivity contribution in [2.24, 2.45) is 5.92 Å². The number of hydrogen-bond donors (Lipinski definition) is 0. The first kappa shape index (κ1) is 15.1. The standard InChI is InChI=1S/C19H22S2/c1-4-10-16(11-5-1)19(20-17-12-6-2-7-13-17)21-18-14-8-3-9-15-18/h2-3,6-9,12-16,19H,1,4-5,10-11H2. The molecule has 0 aliphatic heterocycles. The normalized spacial score (nSPS) is 16.2. The summed E-state index contributed by atoms with van der Waals surface area (Å²) in [6, 6.07) is 21.8. The van der Waals surface area contributed by atoms with Crippen molar-refractivity contribution in [2.75, 3.05) is 0 Å². The molecule has 0 radical (unpaired) electrons. The van der Waals surface area contributed by atoms with Crippen molar-refractivity contribution in [3.8, 4) is 0 Å².